The maximum atomic E-state index is 11.0. The zero-order chi connectivity index (χ0) is 14.7. The van der Waals surface area contributed by atoms with E-state index in [-0.39, 0.29) is 16.7 Å². The third kappa shape index (κ3) is 2.68. The van der Waals surface area contributed by atoms with Crippen LogP contribution in [-0.2, 0) is 0 Å². The molecule has 0 atom stereocenters. The molecular weight excluding hydrogens is 280 g/mol. The molecule has 0 amide bonds. The molecular formula is C13H9ClN4O2. The molecule has 1 heterocycles. The highest BCUT2D eigenvalue weighted by Crippen LogP contribution is 2.31. The van der Waals surface area contributed by atoms with Crippen molar-refractivity contribution in [2.45, 2.75) is 0 Å². The van der Waals surface area contributed by atoms with Crippen LogP contribution in [0.2, 0.25) is 5.15 Å². The van der Waals surface area contributed by atoms with Crippen molar-refractivity contribution in [3.63, 3.8) is 0 Å². The lowest BCUT2D eigenvalue weighted by Crippen LogP contribution is -2.13. The van der Waals surface area contributed by atoms with Gasteiger partial charge in [0.2, 0.25) is 5.82 Å². The van der Waals surface area contributed by atoms with Crippen molar-refractivity contribution >= 4 is 28.8 Å². The summed E-state index contributed by atoms with van der Waals surface area (Å²) in [5.41, 5.74) is 1.04. The molecule has 0 radical (unpaired) electrons. The molecule has 0 fully saturated rings. The molecule has 1 aromatic carbocycles. The van der Waals surface area contributed by atoms with Crippen LogP contribution in [0.1, 0.15) is 5.56 Å². The fourth-order valence-electron chi connectivity index (χ4n) is 1.69. The Morgan fingerprint density at radius 3 is 2.50 bits per heavy atom. The van der Waals surface area contributed by atoms with E-state index in [0.29, 0.717) is 11.3 Å². The van der Waals surface area contributed by atoms with Crippen LogP contribution < -0.4 is 4.90 Å². The highest BCUT2D eigenvalue weighted by Gasteiger charge is 2.20. The summed E-state index contributed by atoms with van der Waals surface area (Å²) in [7, 11) is 1.65. The Kier molecular flexibility index (Phi) is 3.82. The molecule has 0 saturated heterocycles. The minimum absolute atomic E-state index is 0.138. The fraction of sp³-hybridized carbons (Fsp3) is 0.0769. The Bertz CT molecular complexity index is 695. The average molecular weight is 289 g/mol. The second-order valence-corrected chi connectivity index (χ2v) is 4.34. The smallest absolute Gasteiger partial charge is 0.312 e. The van der Waals surface area contributed by atoms with Crippen LogP contribution >= 0.6 is 11.6 Å². The molecule has 0 bridgehead atoms. The maximum absolute atomic E-state index is 11.0. The largest absolute Gasteiger partial charge is 0.324 e. The molecule has 20 heavy (non-hydrogen) atoms. The van der Waals surface area contributed by atoms with Crippen LogP contribution in [0.25, 0.3) is 0 Å². The summed E-state index contributed by atoms with van der Waals surface area (Å²) in [6.45, 7) is 0. The first-order chi connectivity index (χ1) is 9.52. The van der Waals surface area contributed by atoms with Gasteiger partial charge in [-0.1, -0.05) is 11.6 Å². The summed E-state index contributed by atoms with van der Waals surface area (Å²) in [6.07, 6.45) is 0. The molecule has 6 nitrogen and oxygen atoms in total. The van der Waals surface area contributed by atoms with E-state index in [2.05, 4.69) is 4.98 Å². The zero-order valence-corrected chi connectivity index (χ0v) is 11.2. The van der Waals surface area contributed by atoms with Gasteiger partial charge in [-0.2, -0.15) is 5.26 Å². The summed E-state index contributed by atoms with van der Waals surface area (Å²) in [6, 6.07) is 11.3. The van der Waals surface area contributed by atoms with E-state index < -0.39 is 4.92 Å². The van der Waals surface area contributed by atoms with Crippen LogP contribution in [0.5, 0.6) is 0 Å². The van der Waals surface area contributed by atoms with Gasteiger partial charge in [-0.25, -0.2) is 4.98 Å². The highest BCUT2D eigenvalue weighted by molar-refractivity contribution is 6.29. The van der Waals surface area contributed by atoms with E-state index in [4.69, 9.17) is 16.9 Å². The third-order valence-electron chi connectivity index (χ3n) is 2.72. The normalized spacial score (nSPS) is 9.85. The number of hydrogen-bond acceptors (Lipinski definition) is 5. The van der Waals surface area contributed by atoms with Crippen molar-refractivity contribution in [2.75, 3.05) is 11.9 Å². The number of benzene rings is 1. The van der Waals surface area contributed by atoms with Crippen molar-refractivity contribution in [3.8, 4) is 6.07 Å². The number of halogens is 1. The van der Waals surface area contributed by atoms with E-state index >= 15 is 0 Å². The Hall–Kier alpha value is -2.65. The van der Waals surface area contributed by atoms with Gasteiger partial charge in [-0.05, 0) is 30.3 Å². The number of aromatic nitrogens is 1. The minimum Gasteiger partial charge on any atom is -0.324 e. The van der Waals surface area contributed by atoms with Gasteiger partial charge in [0, 0.05) is 18.8 Å². The van der Waals surface area contributed by atoms with Gasteiger partial charge in [-0.15, -0.1) is 0 Å². The Balaban J connectivity index is 2.46. The predicted molar refractivity (Wildman–Crippen MR) is 75.1 cm³/mol. The number of nitrogens with zero attached hydrogens (tertiary/aromatic N) is 4. The standard InChI is InChI=1S/C13H9ClN4O2/c1-17(10-4-2-9(8-15)3-5-10)13-11(18(19)20)6-7-12(14)16-13/h2-7H,1H3. The lowest BCUT2D eigenvalue weighted by molar-refractivity contribution is -0.384. The first-order valence-corrected chi connectivity index (χ1v) is 5.95. The van der Waals surface area contributed by atoms with Gasteiger partial charge in [-0.3, -0.25) is 10.1 Å². The van der Waals surface area contributed by atoms with Gasteiger partial charge in [0.05, 0.1) is 16.6 Å². The number of hydrogen-bond donors (Lipinski definition) is 0. The molecule has 0 aliphatic carbocycles. The van der Waals surface area contributed by atoms with Crippen LogP contribution in [0.4, 0.5) is 17.2 Å². The first kappa shape index (κ1) is 13.8. The van der Waals surface area contributed by atoms with Gasteiger partial charge in [0.25, 0.3) is 0 Å². The maximum Gasteiger partial charge on any atom is 0.312 e. The zero-order valence-electron chi connectivity index (χ0n) is 10.4. The lowest BCUT2D eigenvalue weighted by Gasteiger charge is -2.18. The summed E-state index contributed by atoms with van der Waals surface area (Å²) >= 11 is 5.80. The Morgan fingerprint density at radius 2 is 1.95 bits per heavy atom. The SMILES string of the molecule is CN(c1ccc(C#N)cc1)c1nc(Cl)ccc1[N+](=O)[O-]. The number of nitro groups is 1. The monoisotopic (exact) mass is 288 g/mol. The van der Waals surface area contributed by atoms with Crippen LogP contribution in [0.15, 0.2) is 36.4 Å². The van der Waals surface area contributed by atoms with Gasteiger partial charge in [0.1, 0.15) is 5.15 Å². The fourth-order valence-corrected chi connectivity index (χ4v) is 1.83. The molecule has 100 valence electrons. The minimum atomic E-state index is -0.515. The van der Waals surface area contributed by atoms with E-state index in [0.717, 1.165) is 0 Å². The number of pyridine rings is 1. The molecule has 0 unspecified atom stereocenters. The van der Waals surface area contributed by atoms with Crippen molar-refractivity contribution in [2.24, 2.45) is 0 Å². The second kappa shape index (κ2) is 5.55. The molecule has 0 saturated carbocycles. The van der Waals surface area contributed by atoms with E-state index in [1.54, 1.807) is 36.2 Å². The Morgan fingerprint density at radius 1 is 1.30 bits per heavy atom. The predicted octanol–water partition coefficient (Wildman–Crippen LogP) is 3.28. The van der Waals surface area contributed by atoms with E-state index in [9.17, 15) is 10.1 Å². The van der Waals surface area contributed by atoms with E-state index in [1.807, 2.05) is 6.07 Å². The molecule has 0 spiro atoms. The third-order valence-corrected chi connectivity index (χ3v) is 2.93. The topological polar surface area (TPSA) is 83.1 Å². The first-order valence-electron chi connectivity index (χ1n) is 5.58. The van der Waals surface area contributed by atoms with Gasteiger partial charge < -0.3 is 4.90 Å². The Labute approximate surface area is 120 Å². The molecule has 0 aliphatic rings. The molecule has 2 aromatic rings. The summed E-state index contributed by atoms with van der Waals surface area (Å²) in [5.74, 6) is 0.146. The molecule has 2 rings (SSSR count). The van der Waals surface area contributed by atoms with Crippen LogP contribution in [0.3, 0.4) is 0 Å². The number of anilines is 2. The number of nitriles is 1. The quantitative estimate of drug-likeness (QED) is 0.491. The van der Waals surface area contributed by atoms with Gasteiger partial charge in [0.15, 0.2) is 0 Å². The van der Waals surface area contributed by atoms with Gasteiger partial charge >= 0.3 is 5.69 Å². The summed E-state index contributed by atoms with van der Waals surface area (Å²) < 4.78 is 0. The molecule has 7 heteroatoms. The van der Waals surface area contributed by atoms with Crippen molar-refractivity contribution in [1.82, 2.24) is 4.98 Å². The van der Waals surface area contributed by atoms with Crippen molar-refractivity contribution < 1.29 is 4.92 Å². The van der Waals surface area contributed by atoms with Crippen molar-refractivity contribution in [3.05, 3.63) is 57.2 Å². The van der Waals surface area contributed by atoms with E-state index in [1.165, 1.54) is 12.1 Å². The molecule has 0 N–H and O–H groups in total. The molecule has 1 aromatic heterocycles. The average Bonchev–Trinajstić information content (AvgIpc) is 2.46. The number of rotatable bonds is 3. The van der Waals surface area contributed by atoms with Crippen molar-refractivity contribution in [1.29, 1.82) is 5.26 Å². The van der Waals surface area contributed by atoms with Crippen LogP contribution in [0, 0.1) is 21.4 Å². The second-order valence-electron chi connectivity index (χ2n) is 3.95. The highest BCUT2D eigenvalue weighted by atomic mass is 35.5. The summed E-state index contributed by atoms with van der Waals surface area (Å²) in [4.78, 5) is 16.1. The lowest BCUT2D eigenvalue weighted by atomic mass is 10.2. The van der Waals surface area contributed by atoms with Crippen LogP contribution in [-0.4, -0.2) is 17.0 Å². The molecule has 0 aliphatic heterocycles. The summed E-state index contributed by atoms with van der Waals surface area (Å²) in [5, 5.41) is 19.9.